The van der Waals surface area contributed by atoms with Gasteiger partial charge in [-0.25, -0.2) is 4.98 Å². The topological polar surface area (TPSA) is 56.3 Å². The van der Waals surface area contributed by atoms with Gasteiger partial charge in [0.2, 0.25) is 0 Å². The van der Waals surface area contributed by atoms with Gasteiger partial charge in [0.1, 0.15) is 11.6 Å². The van der Waals surface area contributed by atoms with E-state index in [2.05, 4.69) is 9.72 Å². The quantitative estimate of drug-likeness (QED) is 0.370. The molecule has 0 saturated heterocycles. The molecule has 0 fully saturated rings. The molecule has 0 saturated carbocycles. The Morgan fingerprint density at radius 3 is 2.39 bits per heavy atom. The lowest BCUT2D eigenvalue weighted by molar-refractivity contribution is -0.141. The van der Waals surface area contributed by atoms with E-state index in [9.17, 15) is 9.59 Å². The summed E-state index contributed by atoms with van der Waals surface area (Å²) < 4.78 is 4.69. The van der Waals surface area contributed by atoms with Gasteiger partial charge in [-0.15, -0.1) is 0 Å². The highest BCUT2D eigenvalue weighted by atomic mass is 35.5. The van der Waals surface area contributed by atoms with E-state index in [-0.39, 0.29) is 27.4 Å². The summed E-state index contributed by atoms with van der Waals surface area (Å²) in [6.45, 7) is 3.42. The van der Waals surface area contributed by atoms with Gasteiger partial charge < -0.3 is 4.74 Å². The van der Waals surface area contributed by atoms with E-state index in [1.54, 1.807) is 13.8 Å². The number of rotatable bonds is 4. The first-order valence-corrected chi connectivity index (χ1v) is 6.21. The zero-order valence-electron chi connectivity index (χ0n) is 9.72. The van der Waals surface area contributed by atoms with Gasteiger partial charge in [0.15, 0.2) is 5.78 Å². The van der Waals surface area contributed by atoms with Crippen LogP contribution in [0.4, 0.5) is 0 Å². The Hall–Kier alpha value is -0.840. The Morgan fingerprint density at radius 2 is 1.83 bits per heavy atom. The third-order valence-electron chi connectivity index (χ3n) is 2.11. The van der Waals surface area contributed by atoms with Crippen molar-refractivity contribution in [2.75, 3.05) is 6.61 Å². The first-order valence-electron chi connectivity index (χ1n) is 5.08. The SMILES string of the molecule is CCOC(=O)CC(=O)c1c(C)nc(Cl)c(Cl)c1Cl. The first-order chi connectivity index (χ1) is 8.38. The minimum atomic E-state index is -0.621. The van der Waals surface area contributed by atoms with E-state index in [1.165, 1.54) is 0 Å². The van der Waals surface area contributed by atoms with Crippen molar-refractivity contribution in [2.24, 2.45) is 0 Å². The van der Waals surface area contributed by atoms with Crippen molar-refractivity contribution in [3.05, 3.63) is 26.5 Å². The van der Waals surface area contributed by atoms with E-state index in [0.29, 0.717) is 5.69 Å². The van der Waals surface area contributed by atoms with Gasteiger partial charge in [0.25, 0.3) is 0 Å². The molecule has 0 radical (unpaired) electrons. The van der Waals surface area contributed by atoms with E-state index in [4.69, 9.17) is 34.8 Å². The molecule has 7 heteroatoms. The van der Waals surface area contributed by atoms with Gasteiger partial charge in [0, 0.05) is 0 Å². The number of aryl methyl sites for hydroxylation is 1. The number of esters is 1. The zero-order chi connectivity index (χ0) is 13.9. The molecule has 4 nitrogen and oxygen atoms in total. The highest BCUT2D eigenvalue weighted by Crippen LogP contribution is 2.33. The van der Waals surface area contributed by atoms with Crippen molar-refractivity contribution < 1.29 is 14.3 Å². The third kappa shape index (κ3) is 3.34. The monoisotopic (exact) mass is 309 g/mol. The normalized spacial score (nSPS) is 10.3. The summed E-state index contributed by atoms with van der Waals surface area (Å²) in [5.41, 5.74) is 0.419. The van der Waals surface area contributed by atoms with Crippen LogP contribution in [0.5, 0.6) is 0 Å². The Morgan fingerprint density at radius 1 is 1.22 bits per heavy atom. The van der Waals surface area contributed by atoms with Crippen molar-refractivity contribution in [2.45, 2.75) is 20.3 Å². The van der Waals surface area contributed by atoms with E-state index < -0.39 is 18.2 Å². The summed E-state index contributed by atoms with van der Waals surface area (Å²) in [4.78, 5) is 27.0. The molecule has 0 amide bonds. The maximum atomic E-state index is 11.9. The predicted molar refractivity (Wildman–Crippen MR) is 69.6 cm³/mol. The number of Topliss-reactive ketones (excluding diaryl/α,β-unsaturated/α-hetero) is 1. The Kier molecular flexibility index (Phi) is 5.38. The number of carbonyl (C=O) groups is 2. The highest BCUT2D eigenvalue weighted by molar-refractivity contribution is 6.48. The van der Waals surface area contributed by atoms with Gasteiger partial charge in [-0.2, -0.15) is 0 Å². The molecular weight excluding hydrogens is 300 g/mol. The Balaban J connectivity index is 3.07. The number of ketones is 1. The molecule has 1 rings (SSSR count). The summed E-state index contributed by atoms with van der Waals surface area (Å²) >= 11 is 17.5. The number of hydrogen-bond acceptors (Lipinski definition) is 4. The van der Waals surface area contributed by atoms with E-state index in [1.807, 2.05) is 0 Å². The highest BCUT2D eigenvalue weighted by Gasteiger charge is 2.22. The van der Waals surface area contributed by atoms with Gasteiger partial charge in [-0.1, -0.05) is 34.8 Å². The predicted octanol–water partition coefficient (Wildman–Crippen LogP) is 3.49. The third-order valence-corrected chi connectivity index (χ3v) is 3.32. The fraction of sp³-hybridized carbons (Fsp3) is 0.364. The summed E-state index contributed by atoms with van der Waals surface area (Å²) in [6, 6.07) is 0. The van der Waals surface area contributed by atoms with Crippen molar-refractivity contribution in [3.63, 3.8) is 0 Å². The first kappa shape index (κ1) is 15.2. The van der Waals surface area contributed by atoms with Crippen molar-refractivity contribution in [3.8, 4) is 0 Å². The standard InChI is InChI=1S/C11H10Cl3NO3/c1-3-18-7(17)4-6(16)8-5(2)15-11(14)10(13)9(8)12/h3-4H2,1-2H3. The van der Waals surface area contributed by atoms with Crippen molar-refractivity contribution >= 4 is 46.6 Å². The van der Waals surface area contributed by atoms with Crippen LogP contribution in [0.3, 0.4) is 0 Å². The van der Waals surface area contributed by atoms with Crippen LogP contribution in [0.2, 0.25) is 15.2 Å². The molecule has 0 unspecified atom stereocenters. The number of nitrogens with zero attached hydrogens (tertiary/aromatic N) is 1. The van der Waals surface area contributed by atoms with E-state index in [0.717, 1.165) is 0 Å². The lowest BCUT2D eigenvalue weighted by atomic mass is 10.1. The van der Waals surface area contributed by atoms with Gasteiger partial charge in [-0.05, 0) is 13.8 Å². The van der Waals surface area contributed by atoms with Crippen LogP contribution in [0, 0.1) is 6.92 Å². The lowest BCUT2D eigenvalue weighted by Gasteiger charge is -2.09. The zero-order valence-corrected chi connectivity index (χ0v) is 12.0. The number of aromatic nitrogens is 1. The van der Waals surface area contributed by atoms with E-state index >= 15 is 0 Å². The number of carbonyl (C=O) groups excluding carboxylic acids is 2. The lowest BCUT2D eigenvalue weighted by Crippen LogP contribution is -2.13. The molecule has 0 atom stereocenters. The molecule has 1 aromatic rings. The summed E-state index contributed by atoms with van der Waals surface area (Å²) in [6.07, 6.45) is -0.409. The molecule has 0 N–H and O–H groups in total. The van der Waals surface area contributed by atoms with Crippen LogP contribution >= 0.6 is 34.8 Å². The van der Waals surface area contributed by atoms with Crippen molar-refractivity contribution in [1.82, 2.24) is 4.98 Å². The van der Waals surface area contributed by atoms with Gasteiger partial charge in [-0.3, -0.25) is 9.59 Å². The smallest absolute Gasteiger partial charge is 0.313 e. The van der Waals surface area contributed by atoms with Gasteiger partial charge >= 0.3 is 5.97 Å². The fourth-order valence-electron chi connectivity index (χ4n) is 1.37. The number of halogens is 3. The molecule has 0 spiro atoms. The summed E-state index contributed by atoms with van der Waals surface area (Å²) in [5, 5.41) is 0.0199. The van der Waals surface area contributed by atoms with Crippen LogP contribution in [-0.2, 0) is 9.53 Å². The van der Waals surface area contributed by atoms with Crippen LogP contribution in [0.1, 0.15) is 29.4 Å². The minimum Gasteiger partial charge on any atom is -0.466 e. The second-order valence-corrected chi connectivity index (χ2v) is 4.51. The minimum absolute atomic E-state index is 0.00321. The molecule has 0 aliphatic rings. The maximum absolute atomic E-state index is 11.9. The fourth-order valence-corrected chi connectivity index (χ4v) is 2.11. The van der Waals surface area contributed by atoms with Gasteiger partial charge in [0.05, 0.1) is 27.9 Å². The van der Waals surface area contributed by atoms with Crippen LogP contribution in [-0.4, -0.2) is 23.3 Å². The average Bonchev–Trinajstić information content (AvgIpc) is 2.26. The molecule has 0 aromatic carbocycles. The Bertz CT molecular complexity index is 503. The Labute approximate surface area is 119 Å². The summed E-state index contributed by atoms with van der Waals surface area (Å²) in [5.74, 6) is -1.12. The average molecular weight is 311 g/mol. The molecule has 0 bridgehead atoms. The largest absolute Gasteiger partial charge is 0.466 e. The van der Waals surface area contributed by atoms with Crippen LogP contribution in [0.25, 0.3) is 0 Å². The molecule has 0 aliphatic heterocycles. The van der Waals surface area contributed by atoms with Crippen LogP contribution < -0.4 is 0 Å². The summed E-state index contributed by atoms with van der Waals surface area (Å²) in [7, 11) is 0. The molecule has 18 heavy (non-hydrogen) atoms. The molecular formula is C11H10Cl3NO3. The number of ether oxygens (including phenoxy) is 1. The molecule has 1 heterocycles. The molecule has 0 aliphatic carbocycles. The number of hydrogen-bond donors (Lipinski definition) is 0. The second kappa shape index (κ2) is 6.36. The molecule has 98 valence electrons. The number of pyridine rings is 1. The van der Waals surface area contributed by atoms with Crippen LogP contribution in [0.15, 0.2) is 0 Å². The second-order valence-electron chi connectivity index (χ2n) is 3.40. The van der Waals surface area contributed by atoms with Crippen molar-refractivity contribution in [1.29, 1.82) is 0 Å². The molecule has 1 aromatic heterocycles. The maximum Gasteiger partial charge on any atom is 0.313 e.